The fourth-order valence-electron chi connectivity index (χ4n) is 3.18. The molecule has 3 rings (SSSR count). The number of halogens is 1. The van der Waals surface area contributed by atoms with Gasteiger partial charge in [0.1, 0.15) is 5.75 Å². The molecule has 22 heavy (non-hydrogen) atoms. The summed E-state index contributed by atoms with van der Waals surface area (Å²) in [7, 11) is 0. The van der Waals surface area contributed by atoms with Crippen molar-refractivity contribution >= 4 is 11.6 Å². The molecule has 1 aromatic rings. The van der Waals surface area contributed by atoms with Gasteiger partial charge in [-0.1, -0.05) is 11.6 Å². The van der Waals surface area contributed by atoms with Gasteiger partial charge in [0.2, 0.25) is 0 Å². The Balaban J connectivity index is 1.59. The van der Waals surface area contributed by atoms with Gasteiger partial charge in [-0.3, -0.25) is 4.90 Å². The molecule has 1 aliphatic heterocycles. The van der Waals surface area contributed by atoms with E-state index in [2.05, 4.69) is 17.9 Å². The lowest BCUT2D eigenvalue weighted by Gasteiger charge is -2.34. The molecular formula is C18H27ClN2O. The fraction of sp³-hybridized carbons (Fsp3) is 0.667. The summed E-state index contributed by atoms with van der Waals surface area (Å²) in [6.45, 7) is 6.12. The molecule has 2 N–H and O–H groups in total. The number of ether oxygens (including phenoxy) is 1. The molecule has 1 atom stereocenters. The molecule has 3 nitrogen and oxygen atoms in total. The number of rotatable bonds is 6. The molecule has 4 heteroatoms. The van der Waals surface area contributed by atoms with Crippen LogP contribution in [0.5, 0.6) is 5.75 Å². The summed E-state index contributed by atoms with van der Waals surface area (Å²) in [6.07, 6.45) is 5.01. The Morgan fingerprint density at radius 3 is 2.64 bits per heavy atom. The van der Waals surface area contributed by atoms with Crippen molar-refractivity contribution in [2.45, 2.75) is 45.2 Å². The molecule has 2 fully saturated rings. The van der Waals surface area contributed by atoms with Gasteiger partial charge in [-0.2, -0.15) is 0 Å². The second-order valence-electron chi connectivity index (χ2n) is 6.98. The number of likely N-dealkylation sites (tertiary alicyclic amines) is 1. The molecule has 1 aliphatic carbocycles. The monoisotopic (exact) mass is 322 g/mol. The van der Waals surface area contributed by atoms with Gasteiger partial charge in [0.25, 0.3) is 0 Å². The van der Waals surface area contributed by atoms with Gasteiger partial charge in [-0.05, 0) is 75.7 Å². The predicted molar refractivity (Wildman–Crippen MR) is 91.3 cm³/mol. The van der Waals surface area contributed by atoms with Gasteiger partial charge >= 0.3 is 0 Å². The minimum atomic E-state index is 0.311. The summed E-state index contributed by atoms with van der Waals surface area (Å²) >= 11 is 6.18. The molecule has 0 radical (unpaired) electrons. The van der Waals surface area contributed by atoms with E-state index in [9.17, 15) is 0 Å². The highest BCUT2D eigenvalue weighted by Gasteiger charge is 2.24. The molecule has 0 aromatic heterocycles. The van der Waals surface area contributed by atoms with Gasteiger partial charge in [-0.25, -0.2) is 0 Å². The Morgan fingerprint density at radius 1 is 1.27 bits per heavy atom. The second kappa shape index (κ2) is 7.20. The number of hydrogen-bond acceptors (Lipinski definition) is 3. The maximum atomic E-state index is 6.18. The van der Waals surface area contributed by atoms with E-state index >= 15 is 0 Å². The van der Waals surface area contributed by atoms with E-state index in [-0.39, 0.29) is 0 Å². The van der Waals surface area contributed by atoms with Crippen LogP contribution in [0.3, 0.4) is 0 Å². The summed E-state index contributed by atoms with van der Waals surface area (Å²) in [5, 5.41) is 0.791. The Kier molecular flexibility index (Phi) is 5.27. The lowest BCUT2D eigenvalue weighted by molar-refractivity contribution is 0.163. The van der Waals surface area contributed by atoms with E-state index in [1.165, 1.54) is 31.2 Å². The van der Waals surface area contributed by atoms with E-state index in [1.54, 1.807) is 0 Å². The molecule has 0 amide bonds. The first-order chi connectivity index (χ1) is 10.6. The zero-order chi connectivity index (χ0) is 15.5. The van der Waals surface area contributed by atoms with Crippen LogP contribution in [0.1, 0.15) is 38.2 Å². The van der Waals surface area contributed by atoms with E-state index in [0.29, 0.717) is 12.0 Å². The highest BCUT2D eigenvalue weighted by molar-refractivity contribution is 6.30. The van der Waals surface area contributed by atoms with Crippen LogP contribution >= 0.6 is 11.6 Å². The van der Waals surface area contributed by atoms with Crippen LogP contribution in [0.15, 0.2) is 18.2 Å². The average molecular weight is 323 g/mol. The molecule has 1 heterocycles. The Bertz CT molecular complexity index is 494. The highest BCUT2D eigenvalue weighted by Crippen LogP contribution is 2.32. The van der Waals surface area contributed by atoms with Crippen LogP contribution in [0.25, 0.3) is 0 Å². The largest absolute Gasteiger partial charge is 0.493 e. The first-order valence-corrected chi connectivity index (χ1v) is 8.89. The van der Waals surface area contributed by atoms with Crippen molar-refractivity contribution in [1.29, 1.82) is 0 Å². The number of nitrogens with two attached hydrogens (primary N) is 1. The van der Waals surface area contributed by atoms with Crippen LogP contribution < -0.4 is 10.5 Å². The third-order valence-electron chi connectivity index (χ3n) is 4.96. The number of benzene rings is 1. The van der Waals surface area contributed by atoms with Gasteiger partial charge in [0.05, 0.1) is 6.61 Å². The van der Waals surface area contributed by atoms with Crippen LogP contribution in [-0.2, 0) is 6.54 Å². The first-order valence-electron chi connectivity index (χ1n) is 8.51. The van der Waals surface area contributed by atoms with E-state index in [0.717, 1.165) is 42.9 Å². The Morgan fingerprint density at radius 2 is 2.00 bits per heavy atom. The SMILES string of the molecule is CC(N)C1CCN(Cc2cc(Cl)ccc2OCC2CC2)CC1. The molecule has 0 spiro atoms. The summed E-state index contributed by atoms with van der Waals surface area (Å²) in [5.41, 5.74) is 7.24. The quantitative estimate of drug-likeness (QED) is 0.868. The Labute approximate surface area is 138 Å². The van der Waals surface area contributed by atoms with Crippen molar-refractivity contribution in [3.63, 3.8) is 0 Å². The van der Waals surface area contributed by atoms with Crippen molar-refractivity contribution in [2.24, 2.45) is 17.6 Å². The first kappa shape index (κ1) is 16.1. The summed E-state index contributed by atoms with van der Waals surface area (Å²) in [5.74, 6) is 2.44. The summed E-state index contributed by atoms with van der Waals surface area (Å²) in [4.78, 5) is 2.49. The molecule has 0 bridgehead atoms. The third kappa shape index (κ3) is 4.37. The molecular weight excluding hydrogens is 296 g/mol. The van der Waals surface area contributed by atoms with E-state index < -0.39 is 0 Å². The van der Waals surface area contributed by atoms with E-state index in [1.807, 2.05) is 12.1 Å². The van der Waals surface area contributed by atoms with Crippen molar-refractivity contribution < 1.29 is 4.74 Å². The standard InChI is InChI=1S/C18H27ClN2O/c1-13(20)15-6-8-21(9-7-15)11-16-10-17(19)4-5-18(16)22-12-14-2-3-14/h4-5,10,13-15H,2-3,6-9,11-12,20H2,1H3. The van der Waals surface area contributed by atoms with Gasteiger partial charge in [0.15, 0.2) is 0 Å². The van der Waals surface area contributed by atoms with Crippen LogP contribution in [0.4, 0.5) is 0 Å². The van der Waals surface area contributed by atoms with Crippen molar-refractivity contribution in [3.8, 4) is 5.75 Å². The lowest BCUT2D eigenvalue weighted by Crippen LogP contribution is -2.39. The predicted octanol–water partition coefficient (Wildman–Crippen LogP) is 3.69. The second-order valence-corrected chi connectivity index (χ2v) is 7.42. The number of piperidine rings is 1. The van der Waals surface area contributed by atoms with Crippen LogP contribution in [-0.4, -0.2) is 30.6 Å². The lowest BCUT2D eigenvalue weighted by atomic mass is 9.91. The minimum Gasteiger partial charge on any atom is -0.493 e. The maximum absolute atomic E-state index is 6.18. The molecule has 1 saturated carbocycles. The maximum Gasteiger partial charge on any atom is 0.123 e. The minimum absolute atomic E-state index is 0.311. The van der Waals surface area contributed by atoms with Crippen molar-refractivity contribution in [3.05, 3.63) is 28.8 Å². The smallest absolute Gasteiger partial charge is 0.123 e. The highest BCUT2D eigenvalue weighted by atomic mass is 35.5. The van der Waals surface area contributed by atoms with E-state index in [4.69, 9.17) is 22.1 Å². The number of nitrogens with zero attached hydrogens (tertiary/aromatic N) is 1. The van der Waals surface area contributed by atoms with Gasteiger partial charge in [0, 0.05) is 23.2 Å². The molecule has 122 valence electrons. The topological polar surface area (TPSA) is 38.5 Å². The van der Waals surface area contributed by atoms with Crippen LogP contribution in [0, 0.1) is 11.8 Å². The number of hydrogen-bond donors (Lipinski definition) is 1. The summed E-state index contributed by atoms with van der Waals surface area (Å²) in [6, 6.07) is 6.32. The zero-order valence-corrected chi connectivity index (χ0v) is 14.2. The van der Waals surface area contributed by atoms with Gasteiger partial charge < -0.3 is 10.5 Å². The third-order valence-corrected chi connectivity index (χ3v) is 5.20. The summed E-state index contributed by atoms with van der Waals surface area (Å²) < 4.78 is 6.01. The van der Waals surface area contributed by atoms with Gasteiger partial charge in [-0.15, -0.1) is 0 Å². The molecule has 1 unspecified atom stereocenters. The Hall–Kier alpha value is -0.770. The van der Waals surface area contributed by atoms with Crippen molar-refractivity contribution in [1.82, 2.24) is 4.90 Å². The van der Waals surface area contributed by atoms with Crippen molar-refractivity contribution in [2.75, 3.05) is 19.7 Å². The fourth-order valence-corrected chi connectivity index (χ4v) is 3.38. The zero-order valence-electron chi connectivity index (χ0n) is 13.4. The normalized spacial score (nSPS) is 21.8. The van der Waals surface area contributed by atoms with Crippen LogP contribution in [0.2, 0.25) is 5.02 Å². The molecule has 1 saturated heterocycles. The molecule has 1 aromatic carbocycles. The average Bonchev–Trinajstić information content (AvgIpc) is 3.31. The molecule has 2 aliphatic rings.